The number of nitrogens with zero attached hydrogens (tertiary/aromatic N) is 2. The van der Waals surface area contributed by atoms with Gasteiger partial charge in [0, 0.05) is 30.6 Å². The molecule has 0 aliphatic carbocycles. The molecule has 8 nitrogen and oxygen atoms in total. The van der Waals surface area contributed by atoms with Gasteiger partial charge in [-0.2, -0.15) is 0 Å². The van der Waals surface area contributed by atoms with Gasteiger partial charge >= 0.3 is 5.97 Å². The first-order valence-electron chi connectivity index (χ1n) is 12.8. The standard InChI is InChI=1S/C27H36N2O6S/c1-4-15-28(18-9-11-19(34-3)12-10-18)25(32)23-27-14-13-20(36-27)21(26(33)35-5-2)22(27)24(31)29(23)16-7-6-8-17-30/h4,9-12,20-23,30H,1,5-8,13-17H2,2-3H3/t20-,21+,22+,23?,27?/m1/s1. The Morgan fingerprint density at radius 1 is 1.28 bits per heavy atom. The number of carbonyl (C=O) groups excluding carboxylic acids is 3. The highest BCUT2D eigenvalue weighted by Crippen LogP contribution is 2.66. The second-order valence-electron chi connectivity index (χ2n) is 9.56. The summed E-state index contributed by atoms with van der Waals surface area (Å²) in [5, 5.41) is 9.18. The number of hydrogen-bond acceptors (Lipinski definition) is 7. The predicted molar refractivity (Wildman–Crippen MR) is 139 cm³/mol. The molecule has 196 valence electrons. The molecular formula is C27H36N2O6S. The average molecular weight is 517 g/mol. The van der Waals surface area contributed by atoms with Crippen LogP contribution in [0.5, 0.6) is 5.75 Å². The van der Waals surface area contributed by atoms with Crippen LogP contribution >= 0.6 is 11.8 Å². The number of rotatable bonds is 12. The molecule has 3 aliphatic heterocycles. The molecule has 9 heteroatoms. The first kappa shape index (κ1) is 26.5. The van der Waals surface area contributed by atoms with E-state index in [0.29, 0.717) is 43.8 Å². The number of aliphatic hydroxyl groups excluding tert-OH is 1. The van der Waals surface area contributed by atoms with Gasteiger partial charge in [-0.3, -0.25) is 14.4 Å². The lowest BCUT2D eigenvalue weighted by Crippen LogP contribution is -2.55. The Morgan fingerprint density at radius 2 is 2.03 bits per heavy atom. The van der Waals surface area contributed by atoms with Crippen molar-refractivity contribution < 1.29 is 29.0 Å². The number of likely N-dealkylation sites (tertiary alicyclic amines) is 1. The van der Waals surface area contributed by atoms with Crippen LogP contribution in [0.1, 0.15) is 39.0 Å². The van der Waals surface area contributed by atoms with Crippen molar-refractivity contribution in [2.45, 2.75) is 55.1 Å². The van der Waals surface area contributed by atoms with Crippen LogP contribution in [-0.4, -0.2) is 77.2 Å². The number of hydrogen-bond donors (Lipinski definition) is 1. The Hall–Kier alpha value is -2.52. The highest BCUT2D eigenvalue weighted by atomic mass is 32.2. The Bertz CT molecular complexity index is 985. The molecular weight excluding hydrogens is 480 g/mol. The molecule has 2 amide bonds. The largest absolute Gasteiger partial charge is 0.497 e. The molecule has 0 saturated carbocycles. The van der Waals surface area contributed by atoms with Gasteiger partial charge in [0.1, 0.15) is 11.8 Å². The van der Waals surface area contributed by atoms with Gasteiger partial charge in [0.05, 0.1) is 30.3 Å². The van der Waals surface area contributed by atoms with Crippen LogP contribution in [-0.2, 0) is 19.1 Å². The van der Waals surface area contributed by atoms with Crippen molar-refractivity contribution in [3.63, 3.8) is 0 Å². The molecule has 0 radical (unpaired) electrons. The first-order valence-corrected chi connectivity index (χ1v) is 13.6. The third-order valence-electron chi connectivity index (χ3n) is 7.61. The zero-order chi connectivity index (χ0) is 25.9. The van der Waals surface area contributed by atoms with E-state index >= 15 is 0 Å². The normalized spacial score (nSPS) is 28.2. The van der Waals surface area contributed by atoms with E-state index in [-0.39, 0.29) is 36.2 Å². The highest BCUT2D eigenvalue weighted by Gasteiger charge is 2.74. The fourth-order valence-electron chi connectivity index (χ4n) is 6.11. The molecule has 2 unspecified atom stereocenters. The van der Waals surface area contributed by atoms with Crippen molar-refractivity contribution in [2.75, 3.05) is 38.3 Å². The van der Waals surface area contributed by atoms with E-state index < -0.39 is 22.6 Å². The van der Waals surface area contributed by atoms with E-state index in [4.69, 9.17) is 9.47 Å². The number of benzene rings is 1. The summed E-state index contributed by atoms with van der Waals surface area (Å²) in [6.45, 7) is 6.69. The number of esters is 1. The fraction of sp³-hybridized carbons (Fsp3) is 0.593. The molecule has 3 saturated heterocycles. The van der Waals surface area contributed by atoms with Crippen molar-refractivity contribution in [3.8, 4) is 5.75 Å². The van der Waals surface area contributed by atoms with E-state index in [2.05, 4.69) is 6.58 Å². The summed E-state index contributed by atoms with van der Waals surface area (Å²) < 4.78 is 10.0. The maximum Gasteiger partial charge on any atom is 0.310 e. The molecule has 2 bridgehead atoms. The predicted octanol–water partition coefficient (Wildman–Crippen LogP) is 3.03. The van der Waals surface area contributed by atoms with Crippen molar-refractivity contribution in [2.24, 2.45) is 11.8 Å². The van der Waals surface area contributed by atoms with Gasteiger partial charge in [0.25, 0.3) is 5.91 Å². The Kier molecular flexibility index (Phi) is 8.30. The van der Waals surface area contributed by atoms with Crippen LogP contribution in [0.4, 0.5) is 5.69 Å². The number of ether oxygens (including phenoxy) is 2. The van der Waals surface area contributed by atoms with Gasteiger partial charge in [0.15, 0.2) is 0 Å². The number of methoxy groups -OCH3 is 1. The van der Waals surface area contributed by atoms with Gasteiger partial charge in [-0.25, -0.2) is 0 Å². The van der Waals surface area contributed by atoms with Gasteiger partial charge in [0.2, 0.25) is 5.91 Å². The van der Waals surface area contributed by atoms with Crippen LogP contribution in [0.3, 0.4) is 0 Å². The Balaban J connectivity index is 1.71. The van der Waals surface area contributed by atoms with Crippen molar-refractivity contribution in [1.82, 2.24) is 4.90 Å². The summed E-state index contributed by atoms with van der Waals surface area (Å²) in [5.41, 5.74) is 0.702. The monoisotopic (exact) mass is 516 g/mol. The SMILES string of the molecule is C=CCN(C(=O)C1N(CCCCCO)C(=O)[C@@H]2[C@@H](C(=O)OCC)[C@H]3CCC12S3)c1ccc(OC)cc1. The zero-order valence-corrected chi connectivity index (χ0v) is 21.9. The summed E-state index contributed by atoms with van der Waals surface area (Å²) in [6, 6.07) is 6.59. The molecule has 3 fully saturated rings. The molecule has 1 aromatic carbocycles. The highest BCUT2D eigenvalue weighted by molar-refractivity contribution is 8.02. The van der Waals surface area contributed by atoms with Gasteiger partial charge in [-0.1, -0.05) is 6.08 Å². The first-order chi connectivity index (χ1) is 17.4. The van der Waals surface area contributed by atoms with E-state index in [0.717, 1.165) is 12.8 Å². The molecule has 4 rings (SSSR count). The van der Waals surface area contributed by atoms with E-state index in [9.17, 15) is 19.5 Å². The van der Waals surface area contributed by atoms with Gasteiger partial charge < -0.3 is 24.4 Å². The molecule has 36 heavy (non-hydrogen) atoms. The average Bonchev–Trinajstić information content (AvgIpc) is 3.52. The number of anilines is 1. The molecule has 3 heterocycles. The topological polar surface area (TPSA) is 96.4 Å². The second-order valence-corrected chi connectivity index (χ2v) is 11.2. The van der Waals surface area contributed by atoms with Crippen molar-refractivity contribution >= 4 is 35.2 Å². The third-order valence-corrected chi connectivity index (χ3v) is 9.56. The molecule has 1 spiro atoms. The molecule has 5 atom stereocenters. The minimum Gasteiger partial charge on any atom is -0.497 e. The minimum atomic E-state index is -0.680. The Labute approximate surface area is 217 Å². The number of thioether (sulfide) groups is 1. The number of carbonyl (C=O) groups is 3. The number of amides is 2. The van der Waals surface area contributed by atoms with Crippen LogP contribution < -0.4 is 9.64 Å². The summed E-state index contributed by atoms with van der Waals surface area (Å²) >= 11 is 1.64. The van der Waals surface area contributed by atoms with Gasteiger partial charge in [-0.05, 0) is 63.3 Å². The number of aliphatic hydroxyl groups is 1. The van der Waals surface area contributed by atoms with Gasteiger partial charge in [-0.15, -0.1) is 18.3 Å². The van der Waals surface area contributed by atoms with E-state index in [1.165, 1.54) is 0 Å². The summed E-state index contributed by atoms with van der Waals surface area (Å²) in [4.78, 5) is 44.6. The van der Waals surface area contributed by atoms with E-state index in [1.54, 1.807) is 53.8 Å². The minimum absolute atomic E-state index is 0.0151. The maximum atomic E-state index is 14.3. The molecule has 3 aliphatic rings. The summed E-state index contributed by atoms with van der Waals surface area (Å²) in [5.74, 6) is -1.01. The fourth-order valence-corrected chi connectivity index (χ4v) is 8.31. The lowest BCUT2D eigenvalue weighted by Gasteiger charge is -2.37. The second kappa shape index (κ2) is 11.3. The number of fused-ring (bicyclic) bond motifs is 1. The molecule has 1 aromatic rings. The van der Waals surface area contributed by atoms with E-state index in [1.807, 2.05) is 12.1 Å². The van der Waals surface area contributed by atoms with Crippen LogP contribution in [0.2, 0.25) is 0 Å². The smallest absolute Gasteiger partial charge is 0.310 e. The lowest BCUT2D eigenvalue weighted by atomic mass is 9.71. The zero-order valence-electron chi connectivity index (χ0n) is 21.1. The van der Waals surface area contributed by atoms with Crippen molar-refractivity contribution in [1.29, 1.82) is 0 Å². The summed E-state index contributed by atoms with van der Waals surface area (Å²) in [6.07, 6.45) is 5.25. The quantitative estimate of drug-likeness (QED) is 0.259. The molecule has 0 aromatic heterocycles. The number of unbranched alkanes of at least 4 members (excludes halogenated alkanes) is 2. The Morgan fingerprint density at radius 3 is 2.67 bits per heavy atom. The van der Waals surface area contributed by atoms with Crippen LogP contribution in [0.25, 0.3) is 0 Å². The van der Waals surface area contributed by atoms with Crippen molar-refractivity contribution in [3.05, 3.63) is 36.9 Å². The maximum absolute atomic E-state index is 14.3. The molecule has 1 N–H and O–H groups in total. The summed E-state index contributed by atoms with van der Waals surface area (Å²) in [7, 11) is 1.59. The lowest BCUT2D eigenvalue weighted by molar-refractivity contribution is -0.153. The third kappa shape index (κ3) is 4.52. The van der Waals surface area contributed by atoms with Crippen LogP contribution in [0, 0.1) is 11.8 Å². The van der Waals surface area contributed by atoms with Crippen LogP contribution in [0.15, 0.2) is 36.9 Å².